The van der Waals surface area contributed by atoms with Crippen LogP contribution in [-0.4, -0.2) is 21.1 Å². The molecule has 1 aliphatic rings. The summed E-state index contributed by atoms with van der Waals surface area (Å²) in [5, 5.41) is 9.30. The summed E-state index contributed by atoms with van der Waals surface area (Å²) in [7, 11) is 0. The number of aromatic nitrogens is 2. The van der Waals surface area contributed by atoms with Gasteiger partial charge < -0.3 is 9.84 Å². The molecular weight excluding hydrogens is 381 g/mol. The lowest BCUT2D eigenvalue weighted by Gasteiger charge is -2.09. The Labute approximate surface area is 155 Å². The van der Waals surface area contributed by atoms with Crippen molar-refractivity contribution >= 4 is 16.3 Å². The van der Waals surface area contributed by atoms with Gasteiger partial charge in [0.2, 0.25) is 5.88 Å². The standard InChI is InChI=1S/C18H15F3N2O3S/c1-9-16(13-5-10(13)8-24)23-15(25)7-14(22-17(23)27-9)26-12-4-2-3-11(6-12)18(19,20)21/h2-4,6-7,10,13,24H,5,8H2,1H3/t10-,13+/m0/s1. The number of aliphatic hydroxyl groups is 1. The molecule has 1 saturated carbocycles. The van der Waals surface area contributed by atoms with Gasteiger partial charge in [0.1, 0.15) is 5.75 Å². The Kier molecular flexibility index (Phi) is 4.23. The fourth-order valence-corrected chi connectivity index (χ4v) is 4.23. The first-order chi connectivity index (χ1) is 12.8. The van der Waals surface area contributed by atoms with Crippen molar-refractivity contribution < 1.29 is 23.0 Å². The highest BCUT2D eigenvalue weighted by molar-refractivity contribution is 7.17. The predicted octanol–water partition coefficient (Wildman–Crippen LogP) is 3.97. The van der Waals surface area contributed by atoms with Crippen LogP contribution < -0.4 is 10.3 Å². The fraction of sp³-hybridized carbons (Fsp3) is 0.333. The highest BCUT2D eigenvalue weighted by atomic mass is 32.1. The zero-order chi connectivity index (χ0) is 19.3. The van der Waals surface area contributed by atoms with E-state index in [0.717, 1.165) is 29.1 Å². The smallest absolute Gasteiger partial charge is 0.416 e. The lowest BCUT2D eigenvalue weighted by atomic mass is 10.2. The number of benzene rings is 1. The van der Waals surface area contributed by atoms with Gasteiger partial charge in [-0.3, -0.25) is 9.20 Å². The van der Waals surface area contributed by atoms with Gasteiger partial charge in [0.15, 0.2) is 4.96 Å². The van der Waals surface area contributed by atoms with Gasteiger partial charge in [0.05, 0.1) is 11.6 Å². The molecule has 1 N–H and O–H groups in total. The number of ether oxygens (including phenoxy) is 1. The highest BCUT2D eigenvalue weighted by Gasteiger charge is 2.41. The number of halogens is 3. The van der Waals surface area contributed by atoms with E-state index in [1.54, 1.807) is 0 Å². The van der Waals surface area contributed by atoms with Crippen LogP contribution >= 0.6 is 11.3 Å². The summed E-state index contributed by atoms with van der Waals surface area (Å²) in [6.45, 7) is 1.95. The minimum absolute atomic E-state index is 0.0443. The highest BCUT2D eigenvalue weighted by Crippen LogP contribution is 2.49. The van der Waals surface area contributed by atoms with Crippen molar-refractivity contribution in [1.82, 2.24) is 9.38 Å². The van der Waals surface area contributed by atoms with Crippen LogP contribution in [0.3, 0.4) is 0 Å². The van der Waals surface area contributed by atoms with Gasteiger partial charge in [-0.15, -0.1) is 11.3 Å². The molecule has 4 rings (SSSR count). The normalized spacial score (nSPS) is 19.4. The second-order valence-electron chi connectivity index (χ2n) is 6.51. The number of rotatable bonds is 4. The van der Waals surface area contributed by atoms with Crippen molar-refractivity contribution in [3.63, 3.8) is 0 Å². The molecule has 2 atom stereocenters. The molecular formula is C18H15F3N2O3S. The van der Waals surface area contributed by atoms with E-state index in [1.807, 2.05) is 6.92 Å². The van der Waals surface area contributed by atoms with Gasteiger partial charge >= 0.3 is 6.18 Å². The number of fused-ring (bicyclic) bond motifs is 1. The molecule has 9 heteroatoms. The topological polar surface area (TPSA) is 63.8 Å². The molecule has 0 amide bonds. The number of aryl methyl sites for hydroxylation is 1. The van der Waals surface area contributed by atoms with E-state index in [2.05, 4.69) is 4.98 Å². The lowest BCUT2D eigenvalue weighted by Crippen LogP contribution is -2.15. The van der Waals surface area contributed by atoms with E-state index in [0.29, 0.717) is 4.96 Å². The van der Waals surface area contributed by atoms with Crippen LogP contribution in [-0.2, 0) is 6.18 Å². The van der Waals surface area contributed by atoms with Crippen molar-refractivity contribution in [3.05, 3.63) is 56.8 Å². The number of thiazole rings is 1. The summed E-state index contributed by atoms with van der Waals surface area (Å²) in [4.78, 5) is 18.2. The molecule has 0 unspecified atom stereocenters. The first kappa shape index (κ1) is 18.0. The summed E-state index contributed by atoms with van der Waals surface area (Å²) in [5.41, 5.74) is -0.349. The molecule has 0 radical (unpaired) electrons. The fourth-order valence-electron chi connectivity index (χ4n) is 3.20. The molecule has 5 nitrogen and oxygen atoms in total. The van der Waals surface area contributed by atoms with Crippen molar-refractivity contribution in [1.29, 1.82) is 0 Å². The quantitative estimate of drug-likeness (QED) is 0.725. The van der Waals surface area contributed by atoms with Gasteiger partial charge in [-0.05, 0) is 37.5 Å². The summed E-state index contributed by atoms with van der Waals surface area (Å²) in [6, 6.07) is 5.59. The molecule has 1 aromatic carbocycles. The molecule has 1 fully saturated rings. The third-order valence-corrected chi connectivity index (χ3v) is 5.57. The average molecular weight is 396 g/mol. The number of hydrogen-bond donors (Lipinski definition) is 1. The minimum atomic E-state index is -4.48. The Balaban J connectivity index is 1.70. The van der Waals surface area contributed by atoms with Crippen LogP contribution in [0, 0.1) is 12.8 Å². The SMILES string of the molecule is Cc1sc2nc(Oc3cccc(C(F)(F)F)c3)cc(=O)n2c1[C@@H]1C[C@H]1CO. The Morgan fingerprint density at radius 3 is 2.81 bits per heavy atom. The van der Waals surface area contributed by atoms with Crippen molar-refractivity contribution in [2.24, 2.45) is 5.92 Å². The summed E-state index contributed by atoms with van der Waals surface area (Å²) in [6.07, 6.45) is -3.67. The largest absolute Gasteiger partial charge is 0.439 e. The summed E-state index contributed by atoms with van der Waals surface area (Å²) in [5.74, 6) is 0.173. The monoisotopic (exact) mass is 396 g/mol. The van der Waals surface area contributed by atoms with Crippen molar-refractivity contribution in [2.45, 2.75) is 25.4 Å². The van der Waals surface area contributed by atoms with Crippen LogP contribution in [0.4, 0.5) is 13.2 Å². The van der Waals surface area contributed by atoms with Gasteiger partial charge in [-0.1, -0.05) is 6.07 Å². The third-order valence-electron chi connectivity index (χ3n) is 4.60. The van der Waals surface area contributed by atoms with Crippen molar-refractivity contribution in [3.8, 4) is 11.6 Å². The van der Waals surface area contributed by atoms with E-state index >= 15 is 0 Å². The third kappa shape index (κ3) is 3.32. The summed E-state index contributed by atoms with van der Waals surface area (Å²) >= 11 is 1.32. The zero-order valence-electron chi connectivity index (χ0n) is 14.2. The molecule has 0 aliphatic heterocycles. The van der Waals surface area contributed by atoms with Gasteiger partial charge in [-0.25, -0.2) is 0 Å². The van der Waals surface area contributed by atoms with Crippen LogP contribution in [0.15, 0.2) is 35.1 Å². The van der Waals surface area contributed by atoms with Crippen molar-refractivity contribution in [2.75, 3.05) is 6.61 Å². The Morgan fingerprint density at radius 1 is 1.37 bits per heavy atom. The Bertz CT molecular complexity index is 1070. The number of alkyl halides is 3. The molecule has 2 aromatic heterocycles. The van der Waals surface area contributed by atoms with Crippen LogP contribution in [0.2, 0.25) is 0 Å². The van der Waals surface area contributed by atoms with E-state index in [1.165, 1.54) is 33.9 Å². The molecule has 0 saturated heterocycles. The maximum atomic E-state index is 12.8. The Hall–Kier alpha value is -2.39. The maximum Gasteiger partial charge on any atom is 0.416 e. The molecule has 0 spiro atoms. The molecule has 142 valence electrons. The first-order valence-corrected chi connectivity index (χ1v) is 9.08. The van der Waals surface area contributed by atoms with E-state index in [9.17, 15) is 23.1 Å². The predicted molar refractivity (Wildman–Crippen MR) is 93.5 cm³/mol. The van der Waals surface area contributed by atoms with E-state index in [-0.39, 0.29) is 35.6 Å². The number of aliphatic hydroxyl groups excluding tert-OH is 1. The molecule has 27 heavy (non-hydrogen) atoms. The van der Waals surface area contributed by atoms with Crippen LogP contribution in [0.5, 0.6) is 11.6 Å². The molecule has 3 aromatic rings. The van der Waals surface area contributed by atoms with Crippen LogP contribution in [0.1, 0.15) is 28.5 Å². The van der Waals surface area contributed by atoms with Gasteiger partial charge in [0.25, 0.3) is 5.56 Å². The van der Waals surface area contributed by atoms with Gasteiger partial charge in [0, 0.05) is 23.1 Å². The zero-order valence-corrected chi connectivity index (χ0v) is 15.0. The maximum absolute atomic E-state index is 12.8. The van der Waals surface area contributed by atoms with Gasteiger partial charge in [-0.2, -0.15) is 18.2 Å². The molecule has 1 aliphatic carbocycles. The van der Waals surface area contributed by atoms with E-state index in [4.69, 9.17) is 4.74 Å². The number of hydrogen-bond acceptors (Lipinski definition) is 5. The lowest BCUT2D eigenvalue weighted by molar-refractivity contribution is -0.137. The summed E-state index contributed by atoms with van der Waals surface area (Å²) < 4.78 is 45.4. The van der Waals surface area contributed by atoms with E-state index < -0.39 is 11.7 Å². The van der Waals surface area contributed by atoms with Crippen LogP contribution in [0.25, 0.3) is 4.96 Å². The first-order valence-electron chi connectivity index (χ1n) is 8.27. The minimum Gasteiger partial charge on any atom is -0.439 e. The molecule has 0 bridgehead atoms. The Morgan fingerprint density at radius 2 is 2.15 bits per heavy atom. The average Bonchev–Trinajstić information content (AvgIpc) is 3.29. The molecule has 2 heterocycles. The number of nitrogens with zero attached hydrogens (tertiary/aromatic N) is 2. The second kappa shape index (κ2) is 6.35. The second-order valence-corrected chi connectivity index (χ2v) is 7.69.